The van der Waals surface area contributed by atoms with Crippen LogP contribution in [-0.4, -0.2) is 47.6 Å². The van der Waals surface area contributed by atoms with Gasteiger partial charge in [-0.3, -0.25) is 4.90 Å². The fraction of sp³-hybridized carbons (Fsp3) is 0.625. The van der Waals surface area contributed by atoms with Crippen LogP contribution in [0.2, 0.25) is 0 Å². The zero-order valence-corrected chi connectivity index (χ0v) is 11.9. The number of hydrogen-bond acceptors (Lipinski definition) is 4. The quantitative estimate of drug-likeness (QED) is 0.784. The Morgan fingerprint density at radius 3 is 2.45 bits per heavy atom. The van der Waals surface area contributed by atoms with Gasteiger partial charge >= 0.3 is 0 Å². The lowest BCUT2D eigenvalue weighted by Gasteiger charge is -2.36. The van der Waals surface area contributed by atoms with Gasteiger partial charge in [-0.25, -0.2) is 9.97 Å². The smallest absolute Gasteiger partial charge is 0.225 e. The SMILES string of the molecule is C1=CC2CC1CC2CN1CCN(c2ncccn2)CC1. The number of nitrogens with zero attached hydrogens (tertiary/aromatic N) is 4. The molecule has 1 saturated heterocycles. The third kappa shape index (κ3) is 2.33. The molecular weight excluding hydrogens is 248 g/mol. The number of aromatic nitrogens is 2. The number of fused-ring (bicyclic) bond motifs is 2. The van der Waals surface area contributed by atoms with Crippen molar-refractivity contribution in [1.82, 2.24) is 14.9 Å². The number of piperazine rings is 1. The highest BCUT2D eigenvalue weighted by Gasteiger charge is 2.36. The van der Waals surface area contributed by atoms with Crippen LogP contribution in [0.3, 0.4) is 0 Å². The second kappa shape index (κ2) is 5.17. The Kier molecular flexibility index (Phi) is 3.19. The first-order chi connectivity index (χ1) is 9.88. The first-order valence-corrected chi connectivity index (χ1v) is 7.81. The van der Waals surface area contributed by atoms with E-state index >= 15 is 0 Å². The fourth-order valence-corrected chi connectivity index (χ4v) is 4.02. The molecule has 0 amide bonds. The van der Waals surface area contributed by atoms with Crippen LogP contribution in [-0.2, 0) is 0 Å². The van der Waals surface area contributed by atoms with Gasteiger partial charge in [0.05, 0.1) is 0 Å². The number of anilines is 1. The van der Waals surface area contributed by atoms with Gasteiger partial charge in [0.15, 0.2) is 0 Å². The molecular formula is C16H22N4. The fourth-order valence-electron chi connectivity index (χ4n) is 4.02. The van der Waals surface area contributed by atoms with Crippen LogP contribution in [0.25, 0.3) is 0 Å². The van der Waals surface area contributed by atoms with Crippen LogP contribution >= 0.6 is 0 Å². The number of rotatable bonds is 3. The van der Waals surface area contributed by atoms with Gasteiger partial charge in [-0.15, -0.1) is 0 Å². The van der Waals surface area contributed by atoms with Crippen molar-refractivity contribution in [3.63, 3.8) is 0 Å². The van der Waals surface area contributed by atoms with Crippen LogP contribution in [0.4, 0.5) is 5.95 Å². The first-order valence-electron chi connectivity index (χ1n) is 7.81. The highest BCUT2D eigenvalue weighted by atomic mass is 15.3. The van der Waals surface area contributed by atoms with Gasteiger partial charge in [0.2, 0.25) is 5.95 Å². The molecule has 106 valence electrons. The summed E-state index contributed by atoms with van der Waals surface area (Å²) in [6.07, 6.45) is 11.4. The van der Waals surface area contributed by atoms with Crippen molar-refractivity contribution in [3.8, 4) is 0 Å². The highest BCUT2D eigenvalue weighted by Crippen LogP contribution is 2.43. The molecule has 3 aliphatic rings. The minimum Gasteiger partial charge on any atom is -0.338 e. The zero-order valence-electron chi connectivity index (χ0n) is 11.9. The summed E-state index contributed by atoms with van der Waals surface area (Å²) < 4.78 is 0. The summed E-state index contributed by atoms with van der Waals surface area (Å²) in [5.41, 5.74) is 0. The lowest BCUT2D eigenvalue weighted by Crippen LogP contribution is -2.48. The average molecular weight is 270 g/mol. The summed E-state index contributed by atoms with van der Waals surface area (Å²) in [4.78, 5) is 13.6. The van der Waals surface area contributed by atoms with Gasteiger partial charge in [0, 0.05) is 45.1 Å². The molecule has 3 unspecified atom stereocenters. The molecule has 0 aromatic carbocycles. The summed E-state index contributed by atoms with van der Waals surface area (Å²) >= 11 is 0. The zero-order chi connectivity index (χ0) is 13.4. The van der Waals surface area contributed by atoms with Gasteiger partial charge in [-0.1, -0.05) is 12.2 Å². The summed E-state index contributed by atoms with van der Waals surface area (Å²) in [7, 11) is 0. The molecule has 4 nitrogen and oxygen atoms in total. The van der Waals surface area contributed by atoms with Crippen molar-refractivity contribution in [2.24, 2.45) is 17.8 Å². The molecule has 4 rings (SSSR count). The predicted octanol–water partition coefficient (Wildman–Crippen LogP) is 1.81. The van der Waals surface area contributed by atoms with E-state index in [0.717, 1.165) is 49.9 Å². The molecule has 20 heavy (non-hydrogen) atoms. The Hall–Kier alpha value is -1.42. The van der Waals surface area contributed by atoms with Crippen LogP contribution in [0.15, 0.2) is 30.6 Å². The largest absolute Gasteiger partial charge is 0.338 e. The minimum absolute atomic E-state index is 0.871. The standard InChI is InChI=1S/C16H22N4/c1-4-17-16(18-5-1)20-8-6-19(7-9-20)12-15-11-13-2-3-14(15)10-13/h1-5,13-15H,6-12H2. The second-order valence-electron chi connectivity index (χ2n) is 6.38. The van der Waals surface area contributed by atoms with Gasteiger partial charge < -0.3 is 4.90 Å². The lowest BCUT2D eigenvalue weighted by atomic mass is 9.93. The Bertz CT molecular complexity index is 479. The summed E-state index contributed by atoms with van der Waals surface area (Å²) in [5.74, 6) is 3.55. The Morgan fingerprint density at radius 2 is 1.80 bits per heavy atom. The van der Waals surface area contributed by atoms with E-state index in [4.69, 9.17) is 0 Å². The molecule has 2 aliphatic carbocycles. The molecule has 2 fully saturated rings. The van der Waals surface area contributed by atoms with Gasteiger partial charge in [0.1, 0.15) is 0 Å². The minimum atomic E-state index is 0.871. The molecule has 1 saturated carbocycles. The normalized spacial score (nSPS) is 33.0. The van der Waals surface area contributed by atoms with Crippen LogP contribution < -0.4 is 4.90 Å². The number of allylic oxidation sites excluding steroid dienone is 2. The van der Waals surface area contributed by atoms with E-state index in [-0.39, 0.29) is 0 Å². The Balaban J connectivity index is 1.31. The van der Waals surface area contributed by atoms with Crippen molar-refractivity contribution in [1.29, 1.82) is 0 Å². The molecule has 0 radical (unpaired) electrons. The van der Waals surface area contributed by atoms with E-state index in [1.165, 1.54) is 19.4 Å². The third-order valence-corrected chi connectivity index (χ3v) is 5.12. The monoisotopic (exact) mass is 270 g/mol. The van der Waals surface area contributed by atoms with E-state index in [2.05, 4.69) is 31.9 Å². The molecule has 1 aromatic rings. The highest BCUT2D eigenvalue weighted by molar-refractivity contribution is 5.29. The Labute approximate surface area is 120 Å². The van der Waals surface area contributed by atoms with Gasteiger partial charge in [-0.2, -0.15) is 0 Å². The topological polar surface area (TPSA) is 32.3 Å². The summed E-state index contributed by atoms with van der Waals surface area (Å²) in [5, 5.41) is 0. The molecule has 3 atom stereocenters. The lowest BCUT2D eigenvalue weighted by molar-refractivity contribution is 0.203. The third-order valence-electron chi connectivity index (χ3n) is 5.12. The molecule has 4 heteroatoms. The summed E-state index contributed by atoms with van der Waals surface area (Å²) in [6, 6.07) is 1.88. The van der Waals surface area contributed by atoms with Crippen molar-refractivity contribution >= 4 is 5.95 Å². The van der Waals surface area contributed by atoms with Crippen LogP contribution in [0.1, 0.15) is 12.8 Å². The molecule has 0 spiro atoms. The molecule has 1 aromatic heterocycles. The second-order valence-corrected chi connectivity index (χ2v) is 6.38. The van der Waals surface area contributed by atoms with E-state index in [1.54, 1.807) is 0 Å². The molecule has 0 N–H and O–H groups in total. The molecule has 2 bridgehead atoms. The van der Waals surface area contributed by atoms with Gasteiger partial charge in [-0.05, 0) is 36.7 Å². The predicted molar refractivity (Wildman–Crippen MR) is 79.5 cm³/mol. The maximum absolute atomic E-state index is 4.35. The number of hydrogen-bond donors (Lipinski definition) is 0. The Morgan fingerprint density at radius 1 is 1.00 bits per heavy atom. The van der Waals surface area contributed by atoms with E-state index in [9.17, 15) is 0 Å². The van der Waals surface area contributed by atoms with Gasteiger partial charge in [0.25, 0.3) is 0 Å². The first kappa shape index (κ1) is 12.3. The average Bonchev–Trinajstić information content (AvgIpc) is 3.12. The summed E-state index contributed by atoms with van der Waals surface area (Å²) in [6.45, 7) is 5.70. The van der Waals surface area contributed by atoms with E-state index in [1.807, 2.05) is 18.5 Å². The molecule has 2 heterocycles. The van der Waals surface area contributed by atoms with Crippen molar-refractivity contribution in [2.45, 2.75) is 12.8 Å². The van der Waals surface area contributed by atoms with Crippen molar-refractivity contribution in [3.05, 3.63) is 30.6 Å². The maximum Gasteiger partial charge on any atom is 0.225 e. The van der Waals surface area contributed by atoms with Crippen LogP contribution in [0, 0.1) is 17.8 Å². The van der Waals surface area contributed by atoms with E-state index < -0.39 is 0 Å². The van der Waals surface area contributed by atoms with E-state index in [0.29, 0.717) is 0 Å². The molecule has 1 aliphatic heterocycles. The van der Waals surface area contributed by atoms with Crippen molar-refractivity contribution < 1.29 is 0 Å². The van der Waals surface area contributed by atoms with Crippen LogP contribution in [0.5, 0.6) is 0 Å². The van der Waals surface area contributed by atoms with Crippen molar-refractivity contribution in [2.75, 3.05) is 37.6 Å². The maximum atomic E-state index is 4.35.